The van der Waals surface area contributed by atoms with Crippen LogP contribution in [-0.4, -0.2) is 10.7 Å². The molecule has 8 aromatic rings. The molecule has 4 nitrogen and oxygen atoms in total. The SMILES string of the molecule is C1=CCC2C(=C1)Sc1c2cccc1-n1c2ccc(C3=C[C@H]4C5CC=CC=C5N(c5ccccc5)C4NC=C3)cc2c2cc(-c3ccc4oc5ccccc5c4c3)ccc21. The maximum atomic E-state index is 6.22. The van der Waals surface area contributed by atoms with Crippen molar-refractivity contribution < 1.29 is 4.42 Å². The van der Waals surface area contributed by atoms with E-state index in [9.17, 15) is 0 Å². The zero-order chi connectivity index (χ0) is 38.6. The van der Waals surface area contributed by atoms with E-state index in [1.54, 1.807) is 0 Å². The summed E-state index contributed by atoms with van der Waals surface area (Å²) < 4.78 is 8.75. The van der Waals surface area contributed by atoms with Crippen LogP contribution in [0.1, 0.15) is 29.9 Å². The summed E-state index contributed by atoms with van der Waals surface area (Å²) in [7, 11) is 0. The number of aromatic nitrogens is 1. The second-order valence-corrected chi connectivity index (χ2v) is 17.5. The molecule has 13 rings (SSSR count). The molecule has 2 aromatic heterocycles. The minimum atomic E-state index is 0.131. The fourth-order valence-corrected chi connectivity index (χ4v) is 11.9. The summed E-state index contributed by atoms with van der Waals surface area (Å²) in [5.41, 5.74) is 14.5. The number of rotatable bonds is 4. The van der Waals surface area contributed by atoms with Crippen LogP contribution in [0.3, 0.4) is 0 Å². The Morgan fingerprint density at radius 2 is 1.39 bits per heavy atom. The van der Waals surface area contributed by atoms with E-state index in [1.807, 2.05) is 17.8 Å². The summed E-state index contributed by atoms with van der Waals surface area (Å²) in [5.74, 6) is 1.14. The van der Waals surface area contributed by atoms with Gasteiger partial charge in [-0.15, -0.1) is 0 Å². The molecular weight excluding hydrogens is 739 g/mol. The zero-order valence-electron chi connectivity index (χ0n) is 32.3. The molecule has 1 N–H and O–H groups in total. The van der Waals surface area contributed by atoms with Gasteiger partial charge in [0.15, 0.2) is 0 Å². The number of furan rings is 1. The van der Waals surface area contributed by atoms with Gasteiger partial charge in [0.1, 0.15) is 17.3 Å². The molecule has 0 radical (unpaired) electrons. The van der Waals surface area contributed by atoms with E-state index in [0.29, 0.717) is 17.8 Å². The third-order valence-electron chi connectivity index (χ3n) is 13.3. The highest BCUT2D eigenvalue weighted by Gasteiger charge is 2.45. The van der Waals surface area contributed by atoms with E-state index in [0.717, 1.165) is 34.8 Å². The van der Waals surface area contributed by atoms with Crippen molar-refractivity contribution in [3.63, 3.8) is 0 Å². The van der Waals surface area contributed by atoms with Crippen LogP contribution in [-0.2, 0) is 0 Å². The number of anilines is 1. The molecular formula is C54H39N3OS. The molecule has 3 aliphatic heterocycles. The predicted molar refractivity (Wildman–Crippen MR) is 246 cm³/mol. The molecule has 0 saturated carbocycles. The molecule has 4 atom stereocenters. The number of para-hydroxylation sites is 2. The number of fused-ring (bicyclic) bond motifs is 12. The van der Waals surface area contributed by atoms with Crippen LogP contribution in [0.25, 0.3) is 66.1 Å². The first-order chi connectivity index (χ1) is 29.2. The summed E-state index contributed by atoms with van der Waals surface area (Å²) in [6, 6.07) is 46.9. The number of hydrogen-bond donors (Lipinski definition) is 1. The summed E-state index contributed by atoms with van der Waals surface area (Å²) in [5, 5.41) is 8.64. The molecule has 0 bridgehead atoms. The normalized spacial score (nSPS) is 21.6. The standard InChI is InChI=1S/C54H39N3OS/c1-2-11-37(12-3-1)56-46-17-7-4-13-38(46)45-32-36(27-28-55-54(45)56)34-22-25-48-43(30-34)42-29-33(35-23-26-51-44(31-35)39-14-5-8-19-50(39)58-51)21-24-47(42)57(48)49-18-10-16-41-40-15-6-9-20-52(40)59-53(41)49/h1-12,14,16-32,38,40,45,54-55H,13,15H2/t38?,40?,45-,54?/m0/s1. The van der Waals surface area contributed by atoms with Gasteiger partial charge in [-0.3, -0.25) is 0 Å². The van der Waals surface area contributed by atoms with Crippen molar-refractivity contribution in [2.75, 3.05) is 4.90 Å². The summed E-state index contributed by atoms with van der Waals surface area (Å²) in [6.07, 6.45) is 22.9. The van der Waals surface area contributed by atoms with Gasteiger partial charge in [-0.25, -0.2) is 0 Å². The molecule has 1 saturated heterocycles. The summed E-state index contributed by atoms with van der Waals surface area (Å²) >= 11 is 1.95. The third kappa shape index (κ3) is 5.04. The maximum absolute atomic E-state index is 6.22. The Kier molecular flexibility index (Phi) is 7.28. The van der Waals surface area contributed by atoms with Crippen molar-refractivity contribution in [3.05, 3.63) is 204 Å². The Balaban J connectivity index is 0.990. The number of allylic oxidation sites excluding steroid dienone is 10. The van der Waals surface area contributed by atoms with Crippen LogP contribution in [0, 0.1) is 11.8 Å². The van der Waals surface area contributed by atoms with Crippen LogP contribution < -0.4 is 10.2 Å². The molecule has 2 aliphatic carbocycles. The molecule has 3 unspecified atom stereocenters. The summed E-state index contributed by atoms with van der Waals surface area (Å²) in [6.45, 7) is 0. The van der Waals surface area contributed by atoms with E-state index in [4.69, 9.17) is 4.42 Å². The Morgan fingerprint density at radius 1 is 0.644 bits per heavy atom. The second-order valence-electron chi connectivity index (χ2n) is 16.4. The second kappa shape index (κ2) is 12.9. The zero-order valence-corrected chi connectivity index (χ0v) is 33.1. The Bertz CT molecular complexity index is 3260. The van der Waals surface area contributed by atoms with Crippen molar-refractivity contribution in [3.8, 4) is 16.8 Å². The van der Waals surface area contributed by atoms with E-state index in [-0.39, 0.29) is 6.17 Å². The van der Waals surface area contributed by atoms with Gasteiger partial charge in [-0.1, -0.05) is 115 Å². The number of benzene rings is 6. The average Bonchev–Trinajstić information content (AvgIpc) is 3.99. The Morgan fingerprint density at radius 3 is 2.29 bits per heavy atom. The van der Waals surface area contributed by atoms with Crippen LogP contribution in [0.15, 0.2) is 202 Å². The first kappa shape index (κ1) is 33.3. The fraction of sp³-hybridized carbons (Fsp3) is 0.111. The van der Waals surface area contributed by atoms with Crippen LogP contribution >= 0.6 is 11.8 Å². The Labute approximate surface area is 346 Å². The first-order valence-corrected chi connectivity index (χ1v) is 21.6. The van der Waals surface area contributed by atoms with Crippen molar-refractivity contribution >= 4 is 66.8 Å². The largest absolute Gasteiger partial charge is 0.456 e. The Hall–Kier alpha value is -6.69. The molecule has 0 amide bonds. The molecule has 1 fully saturated rings. The summed E-state index contributed by atoms with van der Waals surface area (Å²) in [4.78, 5) is 5.34. The molecule has 59 heavy (non-hydrogen) atoms. The smallest absolute Gasteiger partial charge is 0.135 e. The van der Waals surface area contributed by atoms with Crippen LogP contribution in [0.5, 0.6) is 0 Å². The highest BCUT2D eigenvalue weighted by atomic mass is 32.2. The van der Waals surface area contributed by atoms with Gasteiger partial charge in [-0.05, 0) is 125 Å². The lowest BCUT2D eigenvalue weighted by Gasteiger charge is -2.29. The van der Waals surface area contributed by atoms with E-state index >= 15 is 0 Å². The lowest BCUT2D eigenvalue weighted by molar-refractivity contribution is 0.434. The monoisotopic (exact) mass is 777 g/mol. The fourth-order valence-electron chi connectivity index (χ4n) is 10.5. The molecule has 0 spiro atoms. The van der Waals surface area contributed by atoms with Gasteiger partial charge < -0.3 is 19.2 Å². The number of hydrogen-bond acceptors (Lipinski definition) is 4. The van der Waals surface area contributed by atoms with E-state index in [2.05, 4.69) is 191 Å². The molecule has 5 heterocycles. The lowest BCUT2D eigenvalue weighted by atomic mass is 9.85. The van der Waals surface area contributed by atoms with E-state index in [1.165, 1.54) is 76.5 Å². The van der Waals surface area contributed by atoms with E-state index < -0.39 is 0 Å². The van der Waals surface area contributed by atoms with Crippen LogP contribution in [0.2, 0.25) is 0 Å². The van der Waals surface area contributed by atoms with Crippen molar-refractivity contribution in [1.29, 1.82) is 0 Å². The van der Waals surface area contributed by atoms with Crippen molar-refractivity contribution in [2.24, 2.45) is 11.8 Å². The van der Waals surface area contributed by atoms with Gasteiger partial charge >= 0.3 is 0 Å². The quantitative estimate of drug-likeness (QED) is 0.193. The minimum absolute atomic E-state index is 0.131. The highest BCUT2D eigenvalue weighted by molar-refractivity contribution is 8.03. The van der Waals surface area contributed by atoms with Gasteiger partial charge in [0.25, 0.3) is 0 Å². The minimum Gasteiger partial charge on any atom is -0.456 e. The van der Waals surface area contributed by atoms with Crippen LogP contribution in [0.4, 0.5) is 5.69 Å². The van der Waals surface area contributed by atoms with Crippen molar-refractivity contribution in [1.82, 2.24) is 9.88 Å². The number of nitrogens with zero attached hydrogens (tertiary/aromatic N) is 2. The van der Waals surface area contributed by atoms with Gasteiger partial charge in [0, 0.05) is 55.6 Å². The maximum Gasteiger partial charge on any atom is 0.135 e. The topological polar surface area (TPSA) is 33.3 Å². The van der Waals surface area contributed by atoms with Crippen molar-refractivity contribution in [2.45, 2.75) is 29.8 Å². The molecule has 5 aliphatic rings. The molecule has 282 valence electrons. The van der Waals surface area contributed by atoms with Gasteiger partial charge in [0.05, 0.1) is 16.7 Å². The predicted octanol–water partition coefficient (Wildman–Crippen LogP) is 13.8. The van der Waals surface area contributed by atoms with Gasteiger partial charge in [-0.2, -0.15) is 0 Å². The number of thioether (sulfide) groups is 1. The van der Waals surface area contributed by atoms with Gasteiger partial charge in [0.2, 0.25) is 0 Å². The molecule has 6 aromatic carbocycles. The lowest BCUT2D eigenvalue weighted by Crippen LogP contribution is -2.41. The number of nitrogens with one attached hydrogen (secondary N) is 1. The highest BCUT2D eigenvalue weighted by Crippen LogP contribution is 2.54. The molecule has 5 heteroatoms. The third-order valence-corrected chi connectivity index (χ3v) is 14.6. The average molecular weight is 778 g/mol. The first-order valence-electron chi connectivity index (χ1n) is 20.8.